The third kappa shape index (κ3) is 1.75. The molecule has 0 saturated heterocycles. The molecule has 6 heteroatoms. The number of aromatic nitrogens is 3. The van der Waals surface area contributed by atoms with Gasteiger partial charge in [0.15, 0.2) is 0 Å². The molecule has 0 spiro atoms. The largest absolute Gasteiger partial charge is 0.481 e. The van der Waals surface area contributed by atoms with Crippen molar-refractivity contribution in [3.05, 3.63) is 29.8 Å². The van der Waals surface area contributed by atoms with E-state index in [1.165, 1.54) is 0 Å². The first-order valence-corrected chi connectivity index (χ1v) is 5.65. The molecule has 1 N–H and O–H groups in total. The molecule has 0 amide bonds. The van der Waals surface area contributed by atoms with Crippen molar-refractivity contribution in [1.82, 2.24) is 15.1 Å². The fraction of sp³-hybridized carbons (Fsp3) is 0.333. The molecule has 18 heavy (non-hydrogen) atoms. The zero-order valence-corrected chi connectivity index (χ0v) is 9.70. The second kappa shape index (κ2) is 3.90. The van der Waals surface area contributed by atoms with E-state index in [-0.39, 0.29) is 11.8 Å². The van der Waals surface area contributed by atoms with Gasteiger partial charge in [0.25, 0.3) is 0 Å². The van der Waals surface area contributed by atoms with Crippen molar-refractivity contribution in [3.8, 4) is 11.5 Å². The van der Waals surface area contributed by atoms with Crippen LogP contribution in [0.5, 0.6) is 0 Å². The normalized spacial score (nSPS) is 21.8. The van der Waals surface area contributed by atoms with Gasteiger partial charge in [0.2, 0.25) is 11.7 Å². The maximum Gasteiger partial charge on any atom is 0.307 e. The molecule has 2 atom stereocenters. The lowest BCUT2D eigenvalue weighted by molar-refractivity contribution is -0.138. The van der Waals surface area contributed by atoms with E-state index in [1.54, 1.807) is 6.20 Å². The van der Waals surface area contributed by atoms with Crippen LogP contribution >= 0.6 is 0 Å². The Morgan fingerprint density at radius 1 is 1.56 bits per heavy atom. The summed E-state index contributed by atoms with van der Waals surface area (Å²) in [6.07, 6.45) is 2.23. The van der Waals surface area contributed by atoms with E-state index in [9.17, 15) is 4.79 Å². The van der Waals surface area contributed by atoms with Gasteiger partial charge in [0.05, 0.1) is 11.8 Å². The molecular weight excluding hydrogens is 234 g/mol. The predicted octanol–water partition coefficient (Wildman–Crippen LogP) is 1.63. The average Bonchev–Trinajstić information content (AvgIpc) is 3.02. The minimum atomic E-state index is -0.811. The Balaban J connectivity index is 1.87. The van der Waals surface area contributed by atoms with Gasteiger partial charge >= 0.3 is 5.97 Å². The molecule has 92 valence electrons. The van der Waals surface area contributed by atoms with Crippen LogP contribution in [0.4, 0.5) is 0 Å². The second-order valence-corrected chi connectivity index (χ2v) is 4.41. The zero-order valence-electron chi connectivity index (χ0n) is 9.70. The number of nitrogens with zero attached hydrogens (tertiary/aromatic N) is 3. The first kappa shape index (κ1) is 10.9. The third-order valence-electron chi connectivity index (χ3n) is 3.09. The quantitative estimate of drug-likeness (QED) is 0.883. The first-order valence-electron chi connectivity index (χ1n) is 5.65. The molecule has 2 heterocycles. The van der Waals surface area contributed by atoms with E-state index >= 15 is 0 Å². The smallest absolute Gasteiger partial charge is 0.307 e. The molecule has 6 nitrogen and oxygen atoms in total. The van der Waals surface area contributed by atoms with Crippen LogP contribution in [0.15, 0.2) is 22.9 Å². The van der Waals surface area contributed by atoms with Crippen LogP contribution < -0.4 is 0 Å². The molecule has 2 aromatic heterocycles. The van der Waals surface area contributed by atoms with E-state index in [1.807, 2.05) is 19.1 Å². The molecule has 0 aliphatic heterocycles. The highest BCUT2D eigenvalue weighted by molar-refractivity contribution is 5.74. The van der Waals surface area contributed by atoms with Crippen LogP contribution in [0.3, 0.4) is 0 Å². The van der Waals surface area contributed by atoms with Crippen molar-refractivity contribution in [2.45, 2.75) is 19.3 Å². The van der Waals surface area contributed by atoms with Gasteiger partial charge in [0.1, 0.15) is 5.69 Å². The van der Waals surface area contributed by atoms with Crippen LogP contribution in [-0.4, -0.2) is 26.2 Å². The van der Waals surface area contributed by atoms with E-state index in [2.05, 4.69) is 15.1 Å². The number of hydrogen-bond acceptors (Lipinski definition) is 5. The van der Waals surface area contributed by atoms with Crippen molar-refractivity contribution < 1.29 is 14.4 Å². The number of carbonyl (C=O) groups is 1. The average molecular weight is 245 g/mol. The van der Waals surface area contributed by atoms with E-state index in [4.69, 9.17) is 9.63 Å². The van der Waals surface area contributed by atoms with Gasteiger partial charge in [-0.05, 0) is 25.0 Å². The highest BCUT2D eigenvalue weighted by atomic mass is 16.5. The number of aryl methyl sites for hydroxylation is 1. The molecule has 3 rings (SSSR count). The van der Waals surface area contributed by atoms with Crippen molar-refractivity contribution in [1.29, 1.82) is 0 Å². The number of pyridine rings is 1. The lowest BCUT2D eigenvalue weighted by atomic mass is 10.2. The SMILES string of the molecule is Cc1cccnc1-c1noc(C2CC2C(=O)O)n1. The highest BCUT2D eigenvalue weighted by Crippen LogP contribution is 2.47. The van der Waals surface area contributed by atoms with Gasteiger partial charge in [0, 0.05) is 6.20 Å². The van der Waals surface area contributed by atoms with Crippen molar-refractivity contribution in [2.75, 3.05) is 0 Å². The molecule has 0 radical (unpaired) electrons. The molecule has 2 aromatic rings. The Bertz CT molecular complexity index is 608. The highest BCUT2D eigenvalue weighted by Gasteiger charge is 2.48. The summed E-state index contributed by atoms with van der Waals surface area (Å²) in [6, 6.07) is 3.75. The fourth-order valence-corrected chi connectivity index (χ4v) is 1.94. The summed E-state index contributed by atoms with van der Waals surface area (Å²) < 4.78 is 5.11. The summed E-state index contributed by atoms with van der Waals surface area (Å²) in [4.78, 5) is 19.2. The van der Waals surface area contributed by atoms with Gasteiger partial charge in [-0.15, -0.1) is 0 Å². The van der Waals surface area contributed by atoms with Crippen LogP contribution in [0, 0.1) is 12.8 Å². The monoisotopic (exact) mass is 245 g/mol. The summed E-state index contributed by atoms with van der Waals surface area (Å²) in [5.41, 5.74) is 1.62. The van der Waals surface area contributed by atoms with Gasteiger partial charge < -0.3 is 9.63 Å². The molecular formula is C12H11N3O3. The Kier molecular flexibility index (Phi) is 2.36. The second-order valence-electron chi connectivity index (χ2n) is 4.41. The fourth-order valence-electron chi connectivity index (χ4n) is 1.94. The number of carboxylic acid groups (broad SMARTS) is 1. The molecule has 0 bridgehead atoms. The molecule has 0 aromatic carbocycles. The van der Waals surface area contributed by atoms with Gasteiger partial charge in [-0.25, -0.2) is 0 Å². The molecule has 1 aliphatic carbocycles. The number of rotatable bonds is 3. The predicted molar refractivity (Wildman–Crippen MR) is 60.7 cm³/mol. The number of aliphatic carboxylic acids is 1. The molecule has 1 saturated carbocycles. The van der Waals surface area contributed by atoms with Crippen LogP contribution in [0.25, 0.3) is 11.5 Å². The van der Waals surface area contributed by atoms with Crippen LogP contribution in [0.2, 0.25) is 0 Å². The van der Waals surface area contributed by atoms with Crippen LogP contribution in [0.1, 0.15) is 23.8 Å². The minimum Gasteiger partial charge on any atom is -0.481 e. The lowest BCUT2D eigenvalue weighted by Gasteiger charge is -1.96. The van der Waals surface area contributed by atoms with Crippen molar-refractivity contribution in [3.63, 3.8) is 0 Å². The third-order valence-corrected chi connectivity index (χ3v) is 3.09. The Morgan fingerprint density at radius 2 is 2.39 bits per heavy atom. The van der Waals surface area contributed by atoms with Gasteiger partial charge in [-0.2, -0.15) is 4.98 Å². The van der Waals surface area contributed by atoms with Gasteiger partial charge in [-0.1, -0.05) is 11.2 Å². The summed E-state index contributed by atoms with van der Waals surface area (Å²) in [6.45, 7) is 1.91. The Hall–Kier alpha value is -2.24. The Labute approximate surface area is 103 Å². The zero-order chi connectivity index (χ0) is 12.7. The van der Waals surface area contributed by atoms with Gasteiger partial charge in [-0.3, -0.25) is 9.78 Å². The summed E-state index contributed by atoms with van der Waals surface area (Å²) >= 11 is 0. The summed E-state index contributed by atoms with van der Waals surface area (Å²) in [5.74, 6) is -0.536. The standard InChI is InChI=1S/C12H11N3O3/c1-6-3-2-4-13-9(6)10-14-11(18-15-10)7-5-8(7)12(16)17/h2-4,7-8H,5H2,1H3,(H,16,17). The first-order chi connectivity index (χ1) is 8.66. The maximum absolute atomic E-state index is 10.8. The topological polar surface area (TPSA) is 89.1 Å². The van der Waals surface area contributed by atoms with E-state index < -0.39 is 5.97 Å². The van der Waals surface area contributed by atoms with Crippen LogP contribution in [-0.2, 0) is 4.79 Å². The summed E-state index contributed by atoms with van der Waals surface area (Å²) in [7, 11) is 0. The molecule has 2 unspecified atom stereocenters. The Morgan fingerprint density at radius 3 is 3.06 bits per heavy atom. The minimum absolute atomic E-state index is 0.146. The van der Waals surface area contributed by atoms with Crippen molar-refractivity contribution >= 4 is 5.97 Å². The lowest BCUT2D eigenvalue weighted by Crippen LogP contribution is -1.99. The number of hydrogen-bond donors (Lipinski definition) is 1. The van der Waals surface area contributed by atoms with Crippen molar-refractivity contribution in [2.24, 2.45) is 5.92 Å². The van der Waals surface area contributed by atoms with E-state index in [0.717, 1.165) is 5.56 Å². The molecule has 1 fully saturated rings. The maximum atomic E-state index is 10.8. The van der Waals surface area contributed by atoms with E-state index in [0.29, 0.717) is 23.8 Å². The summed E-state index contributed by atoms with van der Waals surface area (Å²) in [5, 5.41) is 12.7. The molecule has 1 aliphatic rings. The number of carboxylic acids is 1.